The van der Waals surface area contributed by atoms with E-state index in [1.54, 1.807) is 22.1 Å². The molecule has 0 saturated heterocycles. The van der Waals surface area contributed by atoms with E-state index in [0.717, 1.165) is 33.8 Å². The van der Waals surface area contributed by atoms with Gasteiger partial charge in [-0.1, -0.05) is 6.92 Å². The zero-order chi connectivity index (χ0) is 19.0. The largest absolute Gasteiger partial charge is 0.488 e. The Labute approximate surface area is 161 Å². The summed E-state index contributed by atoms with van der Waals surface area (Å²) in [4.78, 5) is 19.6. The average molecular weight is 379 g/mol. The van der Waals surface area contributed by atoms with E-state index in [1.165, 1.54) is 10.9 Å². The third-order valence-electron chi connectivity index (χ3n) is 4.62. The Hall–Kier alpha value is -2.86. The predicted octanol–water partition coefficient (Wildman–Crippen LogP) is 4.24. The van der Waals surface area contributed by atoms with Crippen LogP contribution in [-0.4, -0.2) is 14.1 Å². The molecule has 0 bridgehead atoms. The first kappa shape index (κ1) is 17.5. The van der Waals surface area contributed by atoms with E-state index in [1.807, 2.05) is 31.3 Å². The number of pyridine rings is 1. The number of imidazole rings is 1. The molecule has 0 aliphatic heterocycles. The summed E-state index contributed by atoms with van der Waals surface area (Å²) in [5.41, 5.74) is 2.66. The fourth-order valence-corrected chi connectivity index (χ4v) is 3.98. The Morgan fingerprint density at radius 2 is 2.00 bits per heavy atom. The predicted molar refractivity (Wildman–Crippen MR) is 109 cm³/mol. The fourth-order valence-electron chi connectivity index (χ4n) is 3.18. The standard InChI is InChI=1S/C21H21N3O2S/c1-4-20-22-18-8-6-15(11-19(18)23(20)3)24-10-9-16(12-21(24)25)26-13-17-7-5-14(2)27-17/h5-12H,4,13H2,1-3H3. The van der Waals surface area contributed by atoms with Crippen molar-refractivity contribution in [1.82, 2.24) is 14.1 Å². The zero-order valence-electron chi connectivity index (χ0n) is 15.6. The highest BCUT2D eigenvalue weighted by atomic mass is 32.1. The van der Waals surface area contributed by atoms with Crippen molar-refractivity contribution >= 4 is 22.4 Å². The molecule has 3 heterocycles. The van der Waals surface area contributed by atoms with Gasteiger partial charge in [-0.05, 0) is 43.3 Å². The van der Waals surface area contributed by atoms with Gasteiger partial charge in [0.15, 0.2) is 0 Å². The van der Waals surface area contributed by atoms with Gasteiger partial charge in [-0.15, -0.1) is 11.3 Å². The second-order valence-electron chi connectivity index (χ2n) is 6.49. The molecule has 0 amide bonds. The lowest BCUT2D eigenvalue weighted by atomic mass is 10.2. The zero-order valence-corrected chi connectivity index (χ0v) is 16.4. The molecule has 4 rings (SSSR count). The minimum Gasteiger partial charge on any atom is -0.488 e. The molecule has 0 aliphatic rings. The number of fused-ring (bicyclic) bond motifs is 1. The molecule has 0 saturated carbocycles. The van der Waals surface area contributed by atoms with Crippen LogP contribution in [0.5, 0.6) is 5.75 Å². The smallest absolute Gasteiger partial charge is 0.258 e. The molecule has 0 atom stereocenters. The lowest BCUT2D eigenvalue weighted by molar-refractivity contribution is 0.309. The summed E-state index contributed by atoms with van der Waals surface area (Å²) in [6.45, 7) is 4.63. The van der Waals surface area contributed by atoms with Crippen LogP contribution in [0.1, 0.15) is 22.5 Å². The first-order valence-corrected chi connectivity index (χ1v) is 9.73. The van der Waals surface area contributed by atoms with E-state index in [9.17, 15) is 4.79 Å². The van der Waals surface area contributed by atoms with Gasteiger partial charge in [0.1, 0.15) is 18.2 Å². The van der Waals surface area contributed by atoms with Crippen LogP contribution in [0, 0.1) is 6.92 Å². The van der Waals surface area contributed by atoms with Gasteiger partial charge in [0, 0.05) is 35.5 Å². The van der Waals surface area contributed by atoms with Crippen molar-refractivity contribution in [3.05, 3.63) is 74.6 Å². The highest BCUT2D eigenvalue weighted by Gasteiger charge is 2.09. The minimum absolute atomic E-state index is 0.118. The van der Waals surface area contributed by atoms with Crippen LogP contribution in [0.25, 0.3) is 16.7 Å². The van der Waals surface area contributed by atoms with Crippen molar-refractivity contribution in [2.75, 3.05) is 0 Å². The maximum absolute atomic E-state index is 12.6. The molecule has 4 aromatic rings. The van der Waals surface area contributed by atoms with Gasteiger partial charge in [-0.25, -0.2) is 4.98 Å². The van der Waals surface area contributed by atoms with Crippen LogP contribution >= 0.6 is 11.3 Å². The minimum atomic E-state index is -0.118. The molecule has 6 heteroatoms. The number of nitrogens with zero attached hydrogens (tertiary/aromatic N) is 3. The number of aromatic nitrogens is 3. The molecule has 1 aromatic carbocycles. The molecule has 3 aromatic heterocycles. The van der Waals surface area contributed by atoms with E-state index >= 15 is 0 Å². The van der Waals surface area contributed by atoms with E-state index in [0.29, 0.717) is 12.4 Å². The summed E-state index contributed by atoms with van der Waals surface area (Å²) in [6.07, 6.45) is 2.63. The van der Waals surface area contributed by atoms with Gasteiger partial charge in [0.25, 0.3) is 5.56 Å². The summed E-state index contributed by atoms with van der Waals surface area (Å²) < 4.78 is 9.47. The topological polar surface area (TPSA) is 49.1 Å². The summed E-state index contributed by atoms with van der Waals surface area (Å²) in [5, 5.41) is 0. The van der Waals surface area contributed by atoms with Crippen molar-refractivity contribution in [2.24, 2.45) is 7.05 Å². The van der Waals surface area contributed by atoms with Gasteiger partial charge >= 0.3 is 0 Å². The number of rotatable bonds is 5. The van der Waals surface area contributed by atoms with E-state index < -0.39 is 0 Å². The van der Waals surface area contributed by atoms with Crippen LogP contribution in [0.4, 0.5) is 0 Å². The highest BCUT2D eigenvalue weighted by molar-refractivity contribution is 7.11. The monoisotopic (exact) mass is 379 g/mol. The molecule has 0 radical (unpaired) electrons. The number of hydrogen-bond donors (Lipinski definition) is 0. The summed E-state index contributed by atoms with van der Waals surface area (Å²) >= 11 is 1.70. The average Bonchev–Trinajstić information content (AvgIpc) is 3.23. The number of benzene rings is 1. The van der Waals surface area contributed by atoms with Crippen molar-refractivity contribution in [1.29, 1.82) is 0 Å². The third-order valence-corrected chi connectivity index (χ3v) is 5.59. The quantitative estimate of drug-likeness (QED) is 0.521. The summed E-state index contributed by atoms with van der Waals surface area (Å²) in [7, 11) is 2.00. The first-order valence-electron chi connectivity index (χ1n) is 8.91. The van der Waals surface area contributed by atoms with Crippen molar-refractivity contribution in [3.8, 4) is 11.4 Å². The SMILES string of the molecule is CCc1nc2ccc(-n3ccc(OCc4ccc(C)s4)cc3=O)cc2n1C. The molecular formula is C21H21N3O2S. The lowest BCUT2D eigenvalue weighted by Gasteiger charge is -2.09. The van der Waals surface area contributed by atoms with Gasteiger partial charge in [-0.2, -0.15) is 0 Å². The van der Waals surface area contributed by atoms with Crippen LogP contribution in [0.3, 0.4) is 0 Å². The number of ether oxygens (including phenoxy) is 1. The van der Waals surface area contributed by atoms with E-state index in [-0.39, 0.29) is 5.56 Å². The first-order chi connectivity index (χ1) is 13.0. The molecule has 0 unspecified atom stereocenters. The Kier molecular flexibility index (Phi) is 4.58. The van der Waals surface area contributed by atoms with E-state index in [2.05, 4.69) is 35.5 Å². The third kappa shape index (κ3) is 3.40. The summed E-state index contributed by atoms with van der Waals surface area (Å²) in [5.74, 6) is 1.61. The molecule has 27 heavy (non-hydrogen) atoms. The van der Waals surface area contributed by atoms with Crippen LogP contribution in [-0.2, 0) is 20.1 Å². The normalized spacial score (nSPS) is 11.2. The van der Waals surface area contributed by atoms with Crippen LogP contribution in [0.2, 0.25) is 0 Å². The van der Waals surface area contributed by atoms with Crippen LogP contribution < -0.4 is 10.3 Å². The number of aryl methyl sites for hydroxylation is 3. The molecule has 0 spiro atoms. The Morgan fingerprint density at radius 1 is 1.15 bits per heavy atom. The van der Waals surface area contributed by atoms with Gasteiger partial charge in [0.05, 0.1) is 16.7 Å². The van der Waals surface area contributed by atoms with Gasteiger partial charge < -0.3 is 9.30 Å². The van der Waals surface area contributed by atoms with Gasteiger partial charge in [-0.3, -0.25) is 9.36 Å². The molecule has 0 aliphatic carbocycles. The summed E-state index contributed by atoms with van der Waals surface area (Å²) in [6, 6.07) is 13.4. The number of hydrogen-bond acceptors (Lipinski definition) is 4. The second-order valence-corrected chi connectivity index (χ2v) is 7.86. The number of thiophene rings is 1. The van der Waals surface area contributed by atoms with E-state index in [4.69, 9.17) is 4.74 Å². The van der Waals surface area contributed by atoms with Crippen LogP contribution in [0.15, 0.2) is 53.5 Å². The molecular weight excluding hydrogens is 358 g/mol. The Morgan fingerprint density at radius 3 is 2.70 bits per heavy atom. The fraction of sp³-hybridized carbons (Fsp3) is 0.238. The maximum atomic E-state index is 12.6. The molecule has 5 nitrogen and oxygen atoms in total. The van der Waals surface area contributed by atoms with Crippen molar-refractivity contribution in [2.45, 2.75) is 26.9 Å². The highest BCUT2D eigenvalue weighted by Crippen LogP contribution is 2.20. The Balaban J connectivity index is 1.61. The maximum Gasteiger partial charge on any atom is 0.258 e. The molecule has 0 N–H and O–H groups in total. The Bertz CT molecular complexity index is 1170. The molecule has 138 valence electrons. The van der Waals surface area contributed by atoms with Gasteiger partial charge in [0.2, 0.25) is 0 Å². The van der Waals surface area contributed by atoms with Crippen molar-refractivity contribution < 1.29 is 4.74 Å². The molecule has 0 fully saturated rings. The van der Waals surface area contributed by atoms with Crippen molar-refractivity contribution in [3.63, 3.8) is 0 Å². The second kappa shape index (κ2) is 7.04. The lowest BCUT2D eigenvalue weighted by Crippen LogP contribution is -2.16.